The summed E-state index contributed by atoms with van der Waals surface area (Å²) in [6, 6.07) is 11.0. The van der Waals surface area contributed by atoms with Crippen LogP contribution in [0, 0.1) is 0 Å². The topological polar surface area (TPSA) is 42.4 Å². The van der Waals surface area contributed by atoms with Gasteiger partial charge in [0.15, 0.2) is 0 Å². The van der Waals surface area contributed by atoms with Crippen molar-refractivity contribution in [3.8, 4) is 5.75 Å². The van der Waals surface area contributed by atoms with Crippen LogP contribution in [0.15, 0.2) is 42.6 Å². The molecule has 0 fully saturated rings. The van der Waals surface area contributed by atoms with E-state index in [-0.39, 0.29) is 5.91 Å². The largest absolute Gasteiger partial charge is 0.491 e. The summed E-state index contributed by atoms with van der Waals surface area (Å²) >= 11 is 5.96. The van der Waals surface area contributed by atoms with Gasteiger partial charge in [-0.2, -0.15) is 0 Å². The number of ether oxygens (including phenoxy) is 1. The van der Waals surface area contributed by atoms with E-state index in [0.717, 1.165) is 17.1 Å². The van der Waals surface area contributed by atoms with Crippen LogP contribution < -0.4 is 9.64 Å². The monoisotopic (exact) mass is 288 g/mol. The molecule has 1 aromatic carbocycles. The molecule has 1 aliphatic heterocycles. The molecule has 0 N–H and O–H groups in total. The molecule has 1 amide bonds. The van der Waals surface area contributed by atoms with Crippen molar-refractivity contribution in [3.05, 3.63) is 53.3 Å². The average Bonchev–Trinajstić information content (AvgIpc) is 2.59. The number of pyridine rings is 1. The SMILES string of the molecule is O=C1CCOc2ccccc2N1Cc1cc(Cl)ccn1. The fourth-order valence-electron chi connectivity index (χ4n) is 2.19. The molecule has 0 aliphatic carbocycles. The summed E-state index contributed by atoms with van der Waals surface area (Å²) in [4.78, 5) is 18.2. The van der Waals surface area contributed by atoms with Crippen molar-refractivity contribution in [2.24, 2.45) is 0 Å². The second-order valence-corrected chi connectivity index (χ2v) is 4.95. The summed E-state index contributed by atoms with van der Waals surface area (Å²) in [5.74, 6) is 0.747. The van der Waals surface area contributed by atoms with Gasteiger partial charge in [-0.15, -0.1) is 0 Å². The first-order valence-electron chi connectivity index (χ1n) is 6.36. The average molecular weight is 289 g/mol. The Kier molecular flexibility index (Phi) is 3.56. The summed E-state index contributed by atoms with van der Waals surface area (Å²) in [6.45, 7) is 0.787. The molecule has 0 atom stereocenters. The number of halogens is 1. The lowest BCUT2D eigenvalue weighted by Gasteiger charge is -2.21. The predicted octanol–water partition coefficient (Wildman–Crippen LogP) is 3.05. The number of para-hydroxylation sites is 2. The van der Waals surface area contributed by atoms with Gasteiger partial charge >= 0.3 is 0 Å². The molecule has 2 heterocycles. The summed E-state index contributed by atoms with van der Waals surface area (Å²) in [5, 5.41) is 0.613. The first-order chi connectivity index (χ1) is 9.74. The van der Waals surface area contributed by atoms with Gasteiger partial charge in [0.1, 0.15) is 5.75 Å². The number of hydrogen-bond donors (Lipinski definition) is 0. The van der Waals surface area contributed by atoms with Gasteiger partial charge < -0.3 is 9.64 Å². The van der Waals surface area contributed by atoms with Crippen molar-refractivity contribution in [2.75, 3.05) is 11.5 Å². The van der Waals surface area contributed by atoms with Crippen LogP contribution >= 0.6 is 11.6 Å². The molecule has 2 aromatic rings. The number of fused-ring (bicyclic) bond motifs is 1. The van der Waals surface area contributed by atoms with E-state index in [1.165, 1.54) is 0 Å². The van der Waals surface area contributed by atoms with E-state index in [4.69, 9.17) is 16.3 Å². The Balaban J connectivity index is 1.96. The zero-order valence-electron chi connectivity index (χ0n) is 10.8. The second kappa shape index (κ2) is 5.51. The molecule has 0 bridgehead atoms. The van der Waals surface area contributed by atoms with Crippen molar-refractivity contribution in [1.29, 1.82) is 0 Å². The molecule has 20 heavy (non-hydrogen) atoms. The smallest absolute Gasteiger partial charge is 0.230 e. The second-order valence-electron chi connectivity index (χ2n) is 4.51. The third-order valence-electron chi connectivity index (χ3n) is 3.13. The zero-order chi connectivity index (χ0) is 13.9. The van der Waals surface area contributed by atoms with Gasteiger partial charge in [-0.1, -0.05) is 23.7 Å². The van der Waals surface area contributed by atoms with E-state index in [0.29, 0.717) is 24.6 Å². The van der Waals surface area contributed by atoms with E-state index in [2.05, 4.69) is 4.98 Å². The molecule has 1 aliphatic rings. The lowest BCUT2D eigenvalue weighted by Crippen LogP contribution is -2.29. The van der Waals surface area contributed by atoms with Crippen molar-refractivity contribution < 1.29 is 9.53 Å². The van der Waals surface area contributed by atoms with Gasteiger partial charge in [-0.25, -0.2) is 0 Å². The lowest BCUT2D eigenvalue weighted by molar-refractivity contribution is -0.118. The van der Waals surface area contributed by atoms with E-state index < -0.39 is 0 Å². The van der Waals surface area contributed by atoms with Crippen molar-refractivity contribution in [1.82, 2.24) is 4.98 Å². The van der Waals surface area contributed by atoms with Gasteiger partial charge in [-0.05, 0) is 24.3 Å². The first kappa shape index (κ1) is 12.9. The van der Waals surface area contributed by atoms with Gasteiger partial charge in [0.05, 0.1) is 31.0 Å². The number of nitrogens with zero attached hydrogens (tertiary/aromatic N) is 2. The number of anilines is 1. The van der Waals surface area contributed by atoms with Crippen LogP contribution in [0.5, 0.6) is 5.75 Å². The summed E-state index contributed by atoms with van der Waals surface area (Å²) in [6.07, 6.45) is 2.00. The fraction of sp³-hybridized carbons (Fsp3) is 0.200. The highest BCUT2D eigenvalue weighted by molar-refractivity contribution is 6.30. The third kappa shape index (κ3) is 2.60. The number of benzene rings is 1. The third-order valence-corrected chi connectivity index (χ3v) is 3.36. The minimum atomic E-state index is 0.0247. The normalized spacial score (nSPS) is 14.4. The summed E-state index contributed by atoms with van der Waals surface area (Å²) < 4.78 is 5.60. The van der Waals surface area contributed by atoms with Crippen molar-refractivity contribution >= 4 is 23.2 Å². The number of hydrogen-bond acceptors (Lipinski definition) is 3. The Bertz CT molecular complexity index is 645. The van der Waals surface area contributed by atoms with Crippen molar-refractivity contribution in [3.63, 3.8) is 0 Å². The quantitative estimate of drug-likeness (QED) is 0.853. The summed E-state index contributed by atoms with van der Waals surface area (Å²) in [5.41, 5.74) is 1.53. The predicted molar refractivity (Wildman–Crippen MR) is 77.0 cm³/mol. The molecule has 0 unspecified atom stereocenters. The summed E-state index contributed by atoms with van der Waals surface area (Å²) in [7, 11) is 0. The molecule has 1 aromatic heterocycles. The maximum atomic E-state index is 12.3. The van der Waals surface area contributed by atoms with Gasteiger partial charge in [-0.3, -0.25) is 9.78 Å². The van der Waals surface area contributed by atoms with E-state index in [9.17, 15) is 4.79 Å². The minimum Gasteiger partial charge on any atom is -0.491 e. The number of carbonyl (C=O) groups is 1. The van der Waals surface area contributed by atoms with Crippen LogP contribution in [-0.4, -0.2) is 17.5 Å². The Morgan fingerprint density at radius 3 is 3.00 bits per heavy atom. The molecule has 5 heteroatoms. The van der Waals surface area contributed by atoms with Crippen LogP contribution in [0.25, 0.3) is 0 Å². The maximum absolute atomic E-state index is 12.3. The van der Waals surface area contributed by atoms with Gasteiger partial charge in [0.2, 0.25) is 5.91 Å². The Labute approximate surface area is 122 Å². The van der Waals surface area contributed by atoms with Crippen LogP contribution in [0.1, 0.15) is 12.1 Å². The fourth-order valence-corrected chi connectivity index (χ4v) is 2.37. The molecule has 0 radical (unpaired) electrons. The molecular weight excluding hydrogens is 276 g/mol. The van der Waals surface area contributed by atoms with Crippen LogP contribution in [0.2, 0.25) is 5.02 Å². The van der Waals surface area contributed by atoms with Gasteiger partial charge in [0.25, 0.3) is 0 Å². The maximum Gasteiger partial charge on any atom is 0.230 e. The highest BCUT2D eigenvalue weighted by atomic mass is 35.5. The molecule has 3 rings (SSSR count). The van der Waals surface area contributed by atoms with E-state index in [1.54, 1.807) is 23.2 Å². The highest BCUT2D eigenvalue weighted by Gasteiger charge is 2.23. The number of aromatic nitrogens is 1. The molecule has 4 nitrogen and oxygen atoms in total. The van der Waals surface area contributed by atoms with Crippen molar-refractivity contribution in [2.45, 2.75) is 13.0 Å². The van der Waals surface area contributed by atoms with Crippen LogP contribution in [0.4, 0.5) is 5.69 Å². The number of carbonyl (C=O) groups excluding carboxylic acids is 1. The Morgan fingerprint density at radius 2 is 2.15 bits per heavy atom. The number of amides is 1. The molecule has 0 spiro atoms. The number of rotatable bonds is 2. The van der Waals surface area contributed by atoms with Gasteiger partial charge in [0, 0.05) is 11.2 Å². The Hall–Kier alpha value is -2.07. The molecule has 102 valence electrons. The van der Waals surface area contributed by atoms with E-state index in [1.807, 2.05) is 24.3 Å². The van der Waals surface area contributed by atoms with Crippen LogP contribution in [0.3, 0.4) is 0 Å². The van der Waals surface area contributed by atoms with E-state index >= 15 is 0 Å². The zero-order valence-corrected chi connectivity index (χ0v) is 11.5. The molecular formula is C15H13ClN2O2. The minimum absolute atomic E-state index is 0.0247. The Morgan fingerprint density at radius 1 is 1.30 bits per heavy atom. The highest BCUT2D eigenvalue weighted by Crippen LogP contribution is 2.32. The first-order valence-corrected chi connectivity index (χ1v) is 6.74. The molecule has 0 saturated heterocycles. The van der Waals surface area contributed by atoms with Crippen LogP contribution in [-0.2, 0) is 11.3 Å². The standard InChI is InChI=1S/C15H13ClN2O2/c16-11-5-7-17-12(9-11)10-18-13-3-1-2-4-14(13)20-8-6-15(18)19/h1-5,7,9H,6,8,10H2. The lowest BCUT2D eigenvalue weighted by atomic mass is 10.2. The molecule has 0 saturated carbocycles.